The van der Waals surface area contributed by atoms with Crippen molar-refractivity contribution in [1.29, 1.82) is 0 Å². The molecule has 2 rings (SSSR count). The highest BCUT2D eigenvalue weighted by Gasteiger charge is 2.15. The Hall–Kier alpha value is -3.22. The van der Waals surface area contributed by atoms with Crippen molar-refractivity contribution >= 4 is 11.8 Å². The van der Waals surface area contributed by atoms with Gasteiger partial charge in [-0.3, -0.25) is 20.4 Å². The summed E-state index contributed by atoms with van der Waals surface area (Å²) in [6, 6.07) is 16.0. The van der Waals surface area contributed by atoms with Gasteiger partial charge in [0.05, 0.1) is 6.61 Å². The zero-order valence-electron chi connectivity index (χ0n) is 14.7. The maximum absolute atomic E-state index is 12.0. The highest BCUT2D eigenvalue weighted by atomic mass is 16.5. The minimum atomic E-state index is -0.766. The molecule has 26 heavy (non-hydrogen) atoms. The van der Waals surface area contributed by atoms with Crippen molar-refractivity contribution in [3.8, 4) is 17.2 Å². The zero-order valence-corrected chi connectivity index (χ0v) is 14.7. The van der Waals surface area contributed by atoms with E-state index in [9.17, 15) is 9.59 Å². The molecule has 2 N–H and O–H groups in total. The first-order valence-electron chi connectivity index (χ1n) is 8.25. The third-order valence-electron chi connectivity index (χ3n) is 3.26. The van der Waals surface area contributed by atoms with Crippen molar-refractivity contribution in [2.45, 2.75) is 20.0 Å². The maximum Gasteiger partial charge on any atom is 0.279 e. The number of rotatable bonds is 8. The molecule has 0 saturated carbocycles. The fraction of sp³-hybridized carbons (Fsp3) is 0.263. The van der Waals surface area contributed by atoms with Crippen LogP contribution in [-0.2, 0) is 9.59 Å². The molecule has 7 nitrogen and oxygen atoms in total. The summed E-state index contributed by atoms with van der Waals surface area (Å²) in [4.78, 5) is 23.8. The van der Waals surface area contributed by atoms with Crippen LogP contribution in [0.4, 0.5) is 0 Å². The molecule has 7 heteroatoms. The van der Waals surface area contributed by atoms with Crippen molar-refractivity contribution < 1.29 is 23.8 Å². The fourth-order valence-corrected chi connectivity index (χ4v) is 2.01. The Bertz CT molecular complexity index is 721. The van der Waals surface area contributed by atoms with E-state index in [-0.39, 0.29) is 6.61 Å². The molecule has 138 valence electrons. The summed E-state index contributed by atoms with van der Waals surface area (Å²) in [5.41, 5.74) is 4.59. The van der Waals surface area contributed by atoms with Crippen LogP contribution in [-0.4, -0.2) is 31.1 Å². The molecule has 0 aliphatic heterocycles. The third kappa shape index (κ3) is 6.01. The number of carbonyl (C=O) groups is 2. The lowest BCUT2D eigenvalue weighted by atomic mass is 10.3. The smallest absolute Gasteiger partial charge is 0.279 e. The predicted molar refractivity (Wildman–Crippen MR) is 95.9 cm³/mol. The molecule has 0 aliphatic rings. The van der Waals surface area contributed by atoms with Crippen LogP contribution in [0.1, 0.15) is 13.8 Å². The van der Waals surface area contributed by atoms with Crippen LogP contribution in [0.2, 0.25) is 0 Å². The van der Waals surface area contributed by atoms with Gasteiger partial charge in [0.15, 0.2) is 24.2 Å². The standard InChI is InChI=1S/C19H22N2O5/c1-3-24-16-11-7-8-12-17(16)25-13-18(22)20-21-19(23)14(2)26-15-9-5-4-6-10-15/h4-12,14H,3,13H2,1-2H3,(H,20,22)(H,21,23). The number of hydrazine groups is 1. The van der Waals surface area contributed by atoms with Gasteiger partial charge in [-0.25, -0.2) is 0 Å². The van der Waals surface area contributed by atoms with Crippen LogP contribution in [0.5, 0.6) is 17.2 Å². The summed E-state index contributed by atoms with van der Waals surface area (Å²) >= 11 is 0. The Kier molecular flexibility index (Phi) is 7.30. The minimum Gasteiger partial charge on any atom is -0.490 e. The van der Waals surface area contributed by atoms with Crippen LogP contribution in [0.15, 0.2) is 54.6 Å². The number of hydrogen-bond acceptors (Lipinski definition) is 5. The molecule has 1 unspecified atom stereocenters. The normalized spacial score (nSPS) is 11.2. The number of benzene rings is 2. The Morgan fingerprint density at radius 1 is 0.923 bits per heavy atom. The molecular formula is C19H22N2O5. The predicted octanol–water partition coefficient (Wildman–Crippen LogP) is 2.08. The van der Waals surface area contributed by atoms with Gasteiger partial charge in [-0.1, -0.05) is 30.3 Å². The van der Waals surface area contributed by atoms with Crippen molar-refractivity contribution in [2.75, 3.05) is 13.2 Å². The van der Waals surface area contributed by atoms with Crippen molar-refractivity contribution in [3.05, 3.63) is 54.6 Å². The second-order valence-corrected chi connectivity index (χ2v) is 5.28. The summed E-state index contributed by atoms with van der Waals surface area (Å²) in [5, 5.41) is 0. The first-order valence-corrected chi connectivity index (χ1v) is 8.25. The van der Waals surface area contributed by atoms with Crippen LogP contribution in [0.3, 0.4) is 0 Å². The molecule has 0 saturated heterocycles. The van der Waals surface area contributed by atoms with E-state index in [1.807, 2.05) is 19.1 Å². The summed E-state index contributed by atoms with van der Waals surface area (Å²) in [6.45, 7) is 3.67. The topological polar surface area (TPSA) is 85.9 Å². The van der Waals surface area contributed by atoms with Gasteiger partial charge in [-0.15, -0.1) is 0 Å². The number of carbonyl (C=O) groups excluding carboxylic acids is 2. The Morgan fingerprint density at radius 3 is 2.19 bits per heavy atom. The van der Waals surface area contributed by atoms with E-state index in [4.69, 9.17) is 14.2 Å². The van der Waals surface area contributed by atoms with Gasteiger partial charge in [0, 0.05) is 0 Å². The maximum atomic E-state index is 12.0. The van der Waals surface area contributed by atoms with E-state index in [1.165, 1.54) is 0 Å². The largest absolute Gasteiger partial charge is 0.490 e. The first-order chi connectivity index (χ1) is 12.6. The quantitative estimate of drug-likeness (QED) is 0.706. The number of nitrogens with one attached hydrogen (secondary N) is 2. The van der Waals surface area contributed by atoms with E-state index >= 15 is 0 Å². The molecular weight excluding hydrogens is 336 g/mol. The Labute approximate surface area is 152 Å². The molecule has 0 spiro atoms. The van der Waals surface area contributed by atoms with Crippen molar-refractivity contribution in [2.24, 2.45) is 0 Å². The average Bonchev–Trinajstić information content (AvgIpc) is 2.66. The molecule has 0 radical (unpaired) electrons. The fourth-order valence-electron chi connectivity index (χ4n) is 2.01. The van der Waals surface area contributed by atoms with Crippen LogP contribution in [0, 0.1) is 0 Å². The van der Waals surface area contributed by atoms with Crippen molar-refractivity contribution in [3.63, 3.8) is 0 Å². The number of para-hydroxylation sites is 3. The third-order valence-corrected chi connectivity index (χ3v) is 3.26. The molecule has 2 aromatic rings. The number of ether oxygens (including phenoxy) is 3. The summed E-state index contributed by atoms with van der Waals surface area (Å²) in [7, 11) is 0. The lowest BCUT2D eigenvalue weighted by Gasteiger charge is -2.15. The van der Waals surface area contributed by atoms with E-state index in [1.54, 1.807) is 49.4 Å². The van der Waals surface area contributed by atoms with Gasteiger partial charge >= 0.3 is 0 Å². The molecule has 2 aromatic carbocycles. The molecule has 0 aromatic heterocycles. The monoisotopic (exact) mass is 358 g/mol. The van der Waals surface area contributed by atoms with Crippen LogP contribution >= 0.6 is 0 Å². The molecule has 0 bridgehead atoms. The summed E-state index contributed by atoms with van der Waals surface area (Å²) in [6.07, 6.45) is -0.766. The van der Waals surface area contributed by atoms with Crippen LogP contribution < -0.4 is 25.1 Å². The van der Waals surface area contributed by atoms with E-state index in [0.29, 0.717) is 23.9 Å². The van der Waals surface area contributed by atoms with Gasteiger partial charge in [0.1, 0.15) is 5.75 Å². The van der Waals surface area contributed by atoms with E-state index in [2.05, 4.69) is 10.9 Å². The van der Waals surface area contributed by atoms with E-state index in [0.717, 1.165) is 0 Å². The Morgan fingerprint density at radius 2 is 1.54 bits per heavy atom. The molecule has 1 atom stereocenters. The number of hydrogen-bond donors (Lipinski definition) is 2. The highest BCUT2D eigenvalue weighted by molar-refractivity contribution is 5.85. The van der Waals surface area contributed by atoms with E-state index < -0.39 is 17.9 Å². The van der Waals surface area contributed by atoms with Gasteiger partial charge in [0.2, 0.25) is 0 Å². The SMILES string of the molecule is CCOc1ccccc1OCC(=O)NNC(=O)C(C)Oc1ccccc1. The van der Waals surface area contributed by atoms with Gasteiger partial charge in [-0.05, 0) is 38.1 Å². The van der Waals surface area contributed by atoms with Gasteiger partial charge in [-0.2, -0.15) is 0 Å². The molecule has 2 amide bonds. The second kappa shape index (κ2) is 9.93. The lowest BCUT2D eigenvalue weighted by molar-refractivity contribution is -0.133. The molecule has 0 heterocycles. The number of amides is 2. The van der Waals surface area contributed by atoms with Gasteiger partial charge in [0.25, 0.3) is 11.8 Å². The minimum absolute atomic E-state index is 0.266. The lowest BCUT2D eigenvalue weighted by Crippen LogP contribution is -2.48. The average molecular weight is 358 g/mol. The van der Waals surface area contributed by atoms with Crippen molar-refractivity contribution in [1.82, 2.24) is 10.9 Å². The highest BCUT2D eigenvalue weighted by Crippen LogP contribution is 2.26. The zero-order chi connectivity index (χ0) is 18.8. The molecule has 0 fully saturated rings. The summed E-state index contributed by atoms with van der Waals surface area (Å²) in [5.74, 6) is 0.596. The van der Waals surface area contributed by atoms with Crippen LogP contribution in [0.25, 0.3) is 0 Å². The summed E-state index contributed by atoms with van der Waals surface area (Å²) < 4.78 is 16.3. The Balaban J connectivity index is 1.75. The first kappa shape index (κ1) is 19.1. The van der Waals surface area contributed by atoms with Gasteiger partial charge < -0.3 is 14.2 Å². The second-order valence-electron chi connectivity index (χ2n) is 5.28. The molecule has 0 aliphatic carbocycles.